The highest BCUT2D eigenvalue weighted by atomic mass is 16.3. The van der Waals surface area contributed by atoms with Crippen molar-refractivity contribution in [3.63, 3.8) is 0 Å². The van der Waals surface area contributed by atoms with E-state index < -0.39 is 0 Å². The maximum Gasteiger partial charge on any atom is 0.0675 e. The molecule has 0 saturated heterocycles. The van der Waals surface area contributed by atoms with E-state index in [0.717, 1.165) is 12.8 Å². The van der Waals surface area contributed by atoms with E-state index in [2.05, 4.69) is 13.8 Å². The van der Waals surface area contributed by atoms with Gasteiger partial charge in [-0.15, -0.1) is 0 Å². The Balaban J connectivity index is 2.50. The number of unbranched alkanes of at least 4 members (excludes halogenated alkanes) is 1. The van der Waals surface area contributed by atoms with Gasteiger partial charge < -0.3 is 5.11 Å². The van der Waals surface area contributed by atoms with Crippen LogP contribution < -0.4 is 0 Å². The lowest BCUT2D eigenvalue weighted by Gasteiger charge is -2.39. The molecule has 1 saturated carbocycles. The van der Waals surface area contributed by atoms with Crippen molar-refractivity contribution < 1.29 is 5.11 Å². The Morgan fingerprint density at radius 2 is 1.67 bits per heavy atom. The first-order valence-electron chi connectivity index (χ1n) is 6.95. The van der Waals surface area contributed by atoms with Crippen molar-refractivity contribution in [2.45, 2.75) is 83.7 Å². The molecular weight excluding hydrogens is 184 g/mol. The molecule has 1 unspecified atom stereocenters. The zero-order valence-electron chi connectivity index (χ0n) is 10.6. The molecule has 90 valence electrons. The van der Waals surface area contributed by atoms with E-state index in [9.17, 15) is 5.11 Å². The summed E-state index contributed by atoms with van der Waals surface area (Å²) in [6.45, 7) is 4.49. The molecule has 0 heterocycles. The summed E-state index contributed by atoms with van der Waals surface area (Å²) in [4.78, 5) is 0. The van der Waals surface area contributed by atoms with E-state index >= 15 is 0 Å². The lowest BCUT2D eigenvalue weighted by atomic mass is 9.72. The number of hydrogen-bond acceptors (Lipinski definition) is 1. The first-order valence-corrected chi connectivity index (χ1v) is 6.95. The molecule has 1 aliphatic rings. The number of rotatable bonds is 6. The van der Waals surface area contributed by atoms with Gasteiger partial charge in [-0.3, -0.25) is 0 Å². The minimum atomic E-state index is -0.302. The molecule has 1 nitrogen and oxygen atoms in total. The first-order chi connectivity index (χ1) is 7.23. The monoisotopic (exact) mass is 212 g/mol. The maximum absolute atomic E-state index is 10.7. The third kappa shape index (κ3) is 3.79. The zero-order chi connectivity index (χ0) is 11.1. The highest BCUT2D eigenvalue weighted by Gasteiger charge is 2.36. The Hall–Kier alpha value is -0.0400. The summed E-state index contributed by atoms with van der Waals surface area (Å²) < 4.78 is 0. The highest BCUT2D eigenvalue weighted by molar-refractivity contribution is 4.88. The molecule has 0 bridgehead atoms. The van der Waals surface area contributed by atoms with Crippen molar-refractivity contribution in [1.82, 2.24) is 0 Å². The van der Waals surface area contributed by atoms with Crippen LogP contribution in [0.5, 0.6) is 0 Å². The van der Waals surface area contributed by atoms with Gasteiger partial charge in [0.1, 0.15) is 0 Å². The van der Waals surface area contributed by atoms with Crippen molar-refractivity contribution in [3.8, 4) is 0 Å². The molecule has 15 heavy (non-hydrogen) atoms. The molecule has 0 radical (unpaired) electrons. The minimum absolute atomic E-state index is 0.302. The zero-order valence-corrected chi connectivity index (χ0v) is 10.6. The maximum atomic E-state index is 10.7. The van der Waals surface area contributed by atoms with E-state index in [1.807, 2.05) is 0 Å². The van der Waals surface area contributed by atoms with Gasteiger partial charge in [-0.25, -0.2) is 0 Å². The summed E-state index contributed by atoms with van der Waals surface area (Å²) in [6.07, 6.45) is 12.1. The topological polar surface area (TPSA) is 20.2 Å². The summed E-state index contributed by atoms with van der Waals surface area (Å²) in [7, 11) is 0. The van der Waals surface area contributed by atoms with Crippen LogP contribution in [0.25, 0.3) is 0 Å². The lowest BCUT2D eigenvalue weighted by molar-refractivity contribution is -0.0558. The number of aliphatic hydroxyl groups is 1. The van der Waals surface area contributed by atoms with Crippen LogP contribution in [0.4, 0.5) is 0 Å². The molecule has 1 rings (SSSR count). The van der Waals surface area contributed by atoms with Gasteiger partial charge in [0.15, 0.2) is 0 Å². The summed E-state index contributed by atoms with van der Waals surface area (Å²) >= 11 is 0. The normalized spacial score (nSPS) is 22.6. The minimum Gasteiger partial charge on any atom is -0.390 e. The van der Waals surface area contributed by atoms with Crippen LogP contribution >= 0.6 is 0 Å². The Labute approximate surface area is 95.3 Å². The second kappa shape index (κ2) is 6.52. The molecule has 0 spiro atoms. The fourth-order valence-electron chi connectivity index (χ4n) is 3.05. The van der Waals surface area contributed by atoms with Gasteiger partial charge in [-0.1, -0.05) is 52.4 Å². The summed E-state index contributed by atoms with van der Waals surface area (Å²) in [6, 6.07) is 0. The van der Waals surface area contributed by atoms with Crippen LogP contribution in [0, 0.1) is 5.92 Å². The van der Waals surface area contributed by atoms with Crippen LogP contribution in [0.15, 0.2) is 0 Å². The molecule has 1 heteroatoms. The van der Waals surface area contributed by atoms with Gasteiger partial charge in [-0.2, -0.15) is 0 Å². The first kappa shape index (κ1) is 13.0. The van der Waals surface area contributed by atoms with E-state index in [4.69, 9.17) is 0 Å². The summed E-state index contributed by atoms with van der Waals surface area (Å²) in [5, 5.41) is 10.7. The smallest absolute Gasteiger partial charge is 0.0675 e. The van der Waals surface area contributed by atoms with E-state index in [-0.39, 0.29) is 5.60 Å². The van der Waals surface area contributed by atoms with Crippen LogP contribution in [-0.4, -0.2) is 10.7 Å². The molecule has 1 fully saturated rings. The van der Waals surface area contributed by atoms with Crippen LogP contribution in [0.2, 0.25) is 0 Å². The van der Waals surface area contributed by atoms with Crippen molar-refractivity contribution in [1.29, 1.82) is 0 Å². The van der Waals surface area contributed by atoms with Gasteiger partial charge in [0.25, 0.3) is 0 Å². The molecule has 1 N–H and O–H groups in total. The van der Waals surface area contributed by atoms with Gasteiger partial charge in [0.05, 0.1) is 5.60 Å². The fourth-order valence-corrected chi connectivity index (χ4v) is 3.05. The SMILES string of the molecule is CCCCC(CCC)C1(O)CCCCC1. The average Bonchev–Trinajstić information content (AvgIpc) is 2.25. The molecule has 0 aromatic heterocycles. The van der Waals surface area contributed by atoms with Gasteiger partial charge in [0, 0.05) is 0 Å². The third-order valence-electron chi connectivity index (χ3n) is 4.02. The van der Waals surface area contributed by atoms with Crippen LogP contribution in [-0.2, 0) is 0 Å². The molecule has 1 aliphatic carbocycles. The average molecular weight is 212 g/mol. The Morgan fingerprint density at radius 3 is 2.20 bits per heavy atom. The van der Waals surface area contributed by atoms with E-state index in [1.165, 1.54) is 51.4 Å². The van der Waals surface area contributed by atoms with Crippen molar-refractivity contribution >= 4 is 0 Å². The van der Waals surface area contributed by atoms with Crippen molar-refractivity contribution in [3.05, 3.63) is 0 Å². The molecular formula is C14H28O. The lowest BCUT2D eigenvalue weighted by Crippen LogP contribution is -2.39. The third-order valence-corrected chi connectivity index (χ3v) is 4.02. The molecule has 0 amide bonds. The number of hydrogen-bond donors (Lipinski definition) is 1. The molecule has 0 aliphatic heterocycles. The Morgan fingerprint density at radius 1 is 1.00 bits per heavy atom. The summed E-state index contributed by atoms with van der Waals surface area (Å²) in [5.74, 6) is 0.572. The highest BCUT2D eigenvalue weighted by Crippen LogP contribution is 2.38. The van der Waals surface area contributed by atoms with Gasteiger partial charge in [0.2, 0.25) is 0 Å². The standard InChI is InChI=1S/C14H28O/c1-3-5-10-13(9-4-2)14(15)11-7-6-8-12-14/h13,15H,3-12H2,1-2H3. The Bertz CT molecular complexity index is 159. The second-order valence-corrected chi connectivity index (χ2v) is 5.29. The predicted octanol–water partition coefficient (Wildman–Crippen LogP) is 4.29. The predicted molar refractivity (Wildman–Crippen MR) is 66.0 cm³/mol. The van der Waals surface area contributed by atoms with Gasteiger partial charge >= 0.3 is 0 Å². The fraction of sp³-hybridized carbons (Fsp3) is 1.00. The van der Waals surface area contributed by atoms with Crippen molar-refractivity contribution in [2.24, 2.45) is 5.92 Å². The molecule has 1 atom stereocenters. The summed E-state index contributed by atoms with van der Waals surface area (Å²) in [5.41, 5.74) is -0.302. The Kier molecular flexibility index (Phi) is 5.66. The second-order valence-electron chi connectivity index (χ2n) is 5.29. The van der Waals surface area contributed by atoms with E-state index in [1.54, 1.807) is 0 Å². The quantitative estimate of drug-likeness (QED) is 0.696. The van der Waals surface area contributed by atoms with Gasteiger partial charge in [-0.05, 0) is 31.6 Å². The van der Waals surface area contributed by atoms with E-state index in [0.29, 0.717) is 5.92 Å². The van der Waals surface area contributed by atoms with Crippen LogP contribution in [0.1, 0.15) is 78.1 Å². The van der Waals surface area contributed by atoms with Crippen molar-refractivity contribution in [2.75, 3.05) is 0 Å². The van der Waals surface area contributed by atoms with Crippen LogP contribution in [0.3, 0.4) is 0 Å². The largest absolute Gasteiger partial charge is 0.390 e. The molecule has 0 aromatic carbocycles. The molecule has 0 aromatic rings.